The first-order valence-corrected chi connectivity index (χ1v) is 7.12. The van der Waals surface area contributed by atoms with Gasteiger partial charge < -0.3 is 14.3 Å². The third kappa shape index (κ3) is 3.90. The summed E-state index contributed by atoms with van der Waals surface area (Å²) in [6.07, 6.45) is 5.93. The number of hydrogen-bond acceptors (Lipinski definition) is 5. The highest BCUT2D eigenvalue weighted by atomic mass is 16.5. The molecule has 21 heavy (non-hydrogen) atoms. The third-order valence-corrected chi connectivity index (χ3v) is 3.34. The predicted molar refractivity (Wildman–Crippen MR) is 80.9 cm³/mol. The Bertz CT molecular complexity index is 614. The number of rotatable bonds is 8. The number of nitrogens with zero attached hydrogens (tertiary/aromatic N) is 2. The SMILES string of the molecule is COc1cc2c(C)ncnc2cc1OCCCCCC=O. The topological polar surface area (TPSA) is 61.3 Å². The fourth-order valence-electron chi connectivity index (χ4n) is 2.15. The zero-order valence-electron chi connectivity index (χ0n) is 12.5. The summed E-state index contributed by atoms with van der Waals surface area (Å²) in [6, 6.07) is 3.79. The van der Waals surface area contributed by atoms with Crippen molar-refractivity contribution in [1.29, 1.82) is 0 Å². The Labute approximate surface area is 124 Å². The number of methoxy groups -OCH3 is 1. The van der Waals surface area contributed by atoms with Crippen LogP contribution in [0.3, 0.4) is 0 Å². The first kappa shape index (κ1) is 15.2. The molecular weight excluding hydrogens is 268 g/mol. The number of ether oxygens (including phenoxy) is 2. The largest absolute Gasteiger partial charge is 0.493 e. The monoisotopic (exact) mass is 288 g/mol. The van der Waals surface area contributed by atoms with Gasteiger partial charge in [-0.15, -0.1) is 0 Å². The van der Waals surface area contributed by atoms with Crippen molar-refractivity contribution in [1.82, 2.24) is 9.97 Å². The lowest BCUT2D eigenvalue weighted by atomic mass is 10.1. The summed E-state index contributed by atoms with van der Waals surface area (Å²) < 4.78 is 11.2. The van der Waals surface area contributed by atoms with Gasteiger partial charge >= 0.3 is 0 Å². The second kappa shape index (κ2) is 7.57. The van der Waals surface area contributed by atoms with Gasteiger partial charge in [-0.3, -0.25) is 0 Å². The van der Waals surface area contributed by atoms with E-state index in [0.717, 1.165) is 42.1 Å². The van der Waals surface area contributed by atoms with Crippen molar-refractivity contribution in [2.75, 3.05) is 13.7 Å². The van der Waals surface area contributed by atoms with Crippen LogP contribution in [0.15, 0.2) is 18.5 Å². The lowest BCUT2D eigenvalue weighted by molar-refractivity contribution is -0.107. The molecule has 0 atom stereocenters. The van der Waals surface area contributed by atoms with Crippen LogP contribution in [-0.2, 0) is 4.79 Å². The molecule has 0 aliphatic heterocycles. The Kier molecular flexibility index (Phi) is 5.49. The second-order valence-electron chi connectivity index (χ2n) is 4.84. The first-order chi connectivity index (χ1) is 10.3. The number of unbranched alkanes of at least 4 members (excludes halogenated alkanes) is 3. The minimum absolute atomic E-state index is 0.602. The fourth-order valence-corrected chi connectivity index (χ4v) is 2.15. The molecular formula is C16H20N2O3. The smallest absolute Gasteiger partial charge is 0.163 e. The number of fused-ring (bicyclic) bond motifs is 1. The Balaban J connectivity index is 2.06. The van der Waals surface area contributed by atoms with Gasteiger partial charge in [0.05, 0.1) is 19.2 Å². The molecule has 0 bridgehead atoms. The van der Waals surface area contributed by atoms with Crippen LogP contribution < -0.4 is 9.47 Å². The molecule has 0 unspecified atom stereocenters. The molecule has 0 saturated heterocycles. The van der Waals surface area contributed by atoms with E-state index >= 15 is 0 Å². The van der Waals surface area contributed by atoms with E-state index in [1.165, 1.54) is 0 Å². The average molecular weight is 288 g/mol. The van der Waals surface area contributed by atoms with E-state index in [9.17, 15) is 4.79 Å². The second-order valence-corrected chi connectivity index (χ2v) is 4.84. The highest BCUT2D eigenvalue weighted by molar-refractivity contribution is 5.84. The molecule has 0 saturated carbocycles. The molecule has 5 heteroatoms. The van der Waals surface area contributed by atoms with Crippen molar-refractivity contribution < 1.29 is 14.3 Å². The maximum Gasteiger partial charge on any atom is 0.163 e. The number of aryl methyl sites for hydroxylation is 1. The van der Waals surface area contributed by atoms with Crippen LogP contribution in [0, 0.1) is 6.92 Å². The van der Waals surface area contributed by atoms with Gasteiger partial charge in [0, 0.05) is 23.6 Å². The molecule has 112 valence electrons. The van der Waals surface area contributed by atoms with Crippen molar-refractivity contribution in [3.63, 3.8) is 0 Å². The van der Waals surface area contributed by atoms with E-state index in [2.05, 4.69) is 9.97 Å². The molecule has 2 rings (SSSR count). The highest BCUT2D eigenvalue weighted by Crippen LogP contribution is 2.32. The van der Waals surface area contributed by atoms with Crippen LogP contribution in [0.25, 0.3) is 10.9 Å². The molecule has 0 N–H and O–H groups in total. The molecule has 0 fully saturated rings. The van der Waals surface area contributed by atoms with Crippen LogP contribution in [0.1, 0.15) is 31.4 Å². The Morgan fingerprint density at radius 2 is 2.00 bits per heavy atom. The van der Waals surface area contributed by atoms with Gasteiger partial charge in [0.15, 0.2) is 11.5 Å². The van der Waals surface area contributed by atoms with E-state index in [1.807, 2.05) is 19.1 Å². The summed E-state index contributed by atoms with van der Waals surface area (Å²) in [5, 5.41) is 0.965. The molecule has 2 aromatic rings. The van der Waals surface area contributed by atoms with Crippen molar-refractivity contribution in [2.45, 2.75) is 32.6 Å². The third-order valence-electron chi connectivity index (χ3n) is 3.34. The molecule has 0 aliphatic rings. The molecule has 1 aromatic carbocycles. The number of aldehydes is 1. The standard InChI is InChI=1S/C16H20N2O3/c1-12-13-9-15(20-2)16(10-14(13)18-11-17-12)21-8-6-4-3-5-7-19/h7,9-11H,3-6,8H2,1-2H3. The lowest BCUT2D eigenvalue weighted by Gasteiger charge is -2.12. The van der Waals surface area contributed by atoms with Crippen LogP contribution in [-0.4, -0.2) is 30.0 Å². The molecule has 1 heterocycles. The van der Waals surface area contributed by atoms with Gasteiger partial charge in [-0.2, -0.15) is 0 Å². The highest BCUT2D eigenvalue weighted by Gasteiger charge is 2.09. The number of aromatic nitrogens is 2. The molecule has 0 amide bonds. The van der Waals surface area contributed by atoms with Gasteiger partial charge in [0.1, 0.15) is 12.6 Å². The molecule has 0 aliphatic carbocycles. The van der Waals surface area contributed by atoms with Gasteiger partial charge in [0.25, 0.3) is 0 Å². The number of benzene rings is 1. The lowest BCUT2D eigenvalue weighted by Crippen LogP contribution is -2.00. The summed E-state index contributed by atoms with van der Waals surface area (Å²) in [6.45, 7) is 2.54. The normalized spacial score (nSPS) is 10.6. The van der Waals surface area contributed by atoms with Crippen LogP contribution in [0.4, 0.5) is 0 Å². The Hall–Kier alpha value is -2.17. The zero-order valence-corrected chi connectivity index (χ0v) is 12.5. The van der Waals surface area contributed by atoms with Gasteiger partial charge in [-0.1, -0.05) is 0 Å². The zero-order chi connectivity index (χ0) is 15.1. The van der Waals surface area contributed by atoms with Crippen LogP contribution in [0.2, 0.25) is 0 Å². The molecule has 5 nitrogen and oxygen atoms in total. The molecule has 1 aromatic heterocycles. The molecule has 0 spiro atoms. The quantitative estimate of drug-likeness (QED) is 0.552. The fraction of sp³-hybridized carbons (Fsp3) is 0.438. The van der Waals surface area contributed by atoms with Crippen molar-refractivity contribution in [3.05, 3.63) is 24.2 Å². The summed E-state index contributed by atoms with van der Waals surface area (Å²) in [4.78, 5) is 18.7. The van der Waals surface area contributed by atoms with Gasteiger partial charge in [0.2, 0.25) is 0 Å². The summed E-state index contributed by atoms with van der Waals surface area (Å²) in [5.41, 5.74) is 1.76. The van der Waals surface area contributed by atoms with Crippen molar-refractivity contribution in [3.8, 4) is 11.5 Å². The van der Waals surface area contributed by atoms with Gasteiger partial charge in [-0.25, -0.2) is 9.97 Å². The summed E-state index contributed by atoms with van der Waals surface area (Å²) in [5.74, 6) is 1.38. The molecule has 0 radical (unpaired) electrons. The van der Waals surface area contributed by atoms with E-state index < -0.39 is 0 Å². The minimum Gasteiger partial charge on any atom is -0.493 e. The van der Waals surface area contributed by atoms with E-state index in [0.29, 0.717) is 24.5 Å². The average Bonchev–Trinajstić information content (AvgIpc) is 2.50. The number of hydrogen-bond donors (Lipinski definition) is 0. The van der Waals surface area contributed by atoms with E-state index in [4.69, 9.17) is 9.47 Å². The predicted octanol–water partition coefficient (Wildman–Crippen LogP) is 3.08. The Morgan fingerprint density at radius 1 is 1.14 bits per heavy atom. The van der Waals surface area contributed by atoms with E-state index in [-0.39, 0.29) is 0 Å². The maximum absolute atomic E-state index is 10.2. The number of carbonyl (C=O) groups excluding carboxylic acids is 1. The minimum atomic E-state index is 0.602. The summed E-state index contributed by atoms with van der Waals surface area (Å²) >= 11 is 0. The van der Waals surface area contributed by atoms with Crippen molar-refractivity contribution >= 4 is 17.2 Å². The van der Waals surface area contributed by atoms with Crippen LogP contribution in [0.5, 0.6) is 11.5 Å². The Morgan fingerprint density at radius 3 is 2.76 bits per heavy atom. The van der Waals surface area contributed by atoms with E-state index in [1.54, 1.807) is 13.4 Å². The first-order valence-electron chi connectivity index (χ1n) is 7.12. The van der Waals surface area contributed by atoms with Crippen molar-refractivity contribution in [2.24, 2.45) is 0 Å². The number of carbonyl (C=O) groups is 1. The summed E-state index contributed by atoms with van der Waals surface area (Å²) in [7, 11) is 1.62. The maximum atomic E-state index is 10.2. The van der Waals surface area contributed by atoms with Crippen LogP contribution >= 0.6 is 0 Å². The van der Waals surface area contributed by atoms with Gasteiger partial charge in [-0.05, 0) is 32.3 Å².